The standard InChI is InChI=1S/C27H34N2O3/c1-9-32-27(31)25-21(8)28(15-16(2)3)26(30)24(25)14-22-13-19(6)29(20(22)7)23-11-17(4)10-18(5)12-23/h10-14,16H,9,15H2,1-8H3/b24-14-. The Bertz CT molecular complexity index is 1110. The highest BCUT2D eigenvalue weighted by Crippen LogP contribution is 2.34. The third kappa shape index (κ3) is 4.43. The second-order valence-electron chi connectivity index (χ2n) is 9.06. The topological polar surface area (TPSA) is 51.5 Å². The van der Waals surface area contributed by atoms with E-state index in [1.54, 1.807) is 11.8 Å². The number of amides is 1. The molecule has 0 radical (unpaired) electrons. The Morgan fingerprint density at radius 1 is 1.03 bits per heavy atom. The number of carbonyl (C=O) groups is 2. The van der Waals surface area contributed by atoms with Gasteiger partial charge in [0.15, 0.2) is 0 Å². The van der Waals surface area contributed by atoms with E-state index in [1.807, 2.05) is 19.9 Å². The number of carbonyl (C=O) groups excluding carboxylic acids is 2. The number of ether oxygens (including phenoxy) is 1. The van der Waals surface area contributed by atoms with E-state index in [0.29, 0.717) is 23.4 Å². The summed E-state index contributed by atoms with van der Waals surface area (Å²) in [6, 6.07) is 8.53. The van der Waals surface area contributed by atoms with Gasteiger partial charge in [0, 0.05) is 29.3 Å². The summed E-state index contributed by atoms with van der Waals surface area (Å²) in [6.45, 7) is 16.8. The van der Waals surface area contributed by atoms with Crippen LogP contribution < -0.4 is 0 Å². The maximum atomic E-state index is 13.3. The Kier molecular flexibility index (Phi) is 6.77. The van der Waals surface area contributed by atoms with Crippen LogP contribution in [-0.2, 0) is 14.3 Å². The molecule has 0 spiro atoms. The van der Waals surface area contributed by atoms with Crippen LogP contribution in [0, 0.1) is 33.6 Å². The second kappa shape index (κ2) is 9.19. The van der Waals surface area contributed by atoms with E-state index in [1.165, 1.54) is 11.1 Å². The van der Waals surface area contributed by atoms with Crippen molar-refractivity contribution in [2.24, 2.45) is 5.92 Å². The number of rotatable bonds is 6. The van der Waals surface area contributed by atoms with Crippen LogP contribution in [0.5, 0.6) is 0 Å². The third-order valence-corrected chi connectivity index (χ3v) is 5.77. The van der Waals surface area contributed by atoms with E-state index in [0.717, 1.165) is 22.6 Å². The number of hydrogen-bond donors (Lipinski definition) is 0. The molecular formula is C27H34N2O3. The van der Waals surface area contributed by atoms with Crippen molar-refractivity contribution in [3.63, 3.8) is 0 Å². The number of allylic oxidation sites excluding steroid dienone is 1. The summed E-state index contributed by atoms with van der Waals surface area (Å²) in [5.74, 6) is -0.305. The predicted molar refractivity (Wildman–Crippen MR) is 129 cm³/mol. The first kappa shape index (κ1) is 23.6. The van der Waals surface area contributed by atoms with Gasteiger partial charge in [-0.15, -0.1) is 0 Å². The Morgan fingerprint density at radius 2 is 1.66 bits per heavy atom. The number of nitrogens with zero attached hydrogens (tertiary/aromatic N) is 2. The lowest BCUT2D eigenvalue weighted by Crippen LogP contribution is -2.28. The fourth-order valence-corrected chi connectivity index (χ4v) is 4.48. The average molecular weight is 435 g/mol. The van der Waals surface area contributed by atoms with Gasteiger partial charge < -0.3 is 14.2 Å². The van der Waals surface area contributed by atoms with Gasteiger partial charge in [0.05, 0.1) is 17.8 Å². The molecule has 0 saturated carbocycles. The minimum absolute atomic E-state index is 0.143. The fraction of sp³-hybridized carbons (Fsp3) is 0.407. The highest BCUT2D eigenvalue weighted by atomic mass is 16.5. The summed E-state index contributed by atoms with van der Waals surface area (Å²) in [6.07, 6.45) is 1.85. The van der Waals surface area contributed by atoms with Crippen molar-refractivity contribution < 1.29 is 14.3 Å². The molecule has 32 heavy (non-hydrogen) atoms. The molecule has 1 aromatic carbocycles. The van der Waals surface area contributed by atoms with Crippen LogP contribution in [0.2, 0.25) is 0 Å². The summed E-state index contributed by atoms with van der Waals surface area (Å²) in [4.78, 5) is 27.8. The van der Waals surface area contributed by atoms with E-state index in [9.17, 15) is 9.59 Å². The van der Waals surface area contributed by atoms with E-state index in [2.05, 4.69) is 63.5 Å². The third-order valence-electron chi connectivity index (χ3n) is 5.77. The zero-order valence-corrected chi connectivity index (χ0v) is 20.5. The Morgan fingerprint density at radius 3 is 2.22 bits per heavy atom. The summed E-state index contributed by atoms with van der Waals surface area (Å²) in [5, 5.41) is 0. The summed E-state index contributed by atoms with van der Waals surface area (Å²) >= 11 is 0. The Hall–Kier alpha value is -3.08. The molecule has 0 N–H and O–H groups in total. The smallest absolute Gasteiger partial charge is 0.340 e. The lowest BCUT2D eigenvalue weighted by Gasteiger charge is -2.19. The van der Waals surface area contributed by atoms with Gasteiger partial charge >= 0.3 is 5.97 Å². The minimum Gasteiger partial charge on any atom is -0.462 e. The Balaban J connectivity index is 2.13. The van der Waals surface area contributed by atoms with Crippen LogP contribution >= 0.6 is 0 Å². The lowest BCUT2D eigenvalue weighted by molar-refractivity contribution is -0.138. The van der Waals surface area contributed by atoms with Crippen molar-refractivity contribution in [2.45, 2.75) is 55.4 Å². The zero-order chi connectivity index (χ0) is 23.7. The first-order chi connectivity index (χ1) is 15.0. The summed E-state index contributed by atoms with van der Waals surface area (Å²) in [7, 11) is 0. The van der Waals surface area contributed by atoms with Gasteiger partial charge in [-0.05, 0) is 88.4 Å². The molecule has 1 aliphatic heterocycles. The van der Waals surface area contributed by atoms with Crippen molar-refractivity contribution in [2.75, 3.05) is 13.2 Å². The molecule has 1 aromatic heterocycles. The molecule has 3 rings (SSSR count). The van der Waals surface area contributed by atoms with Gasteiger partial charge in [0.25, 0.3) is 5.91 Å². The molecule has 0 saturated heterocycles. The maximum absolute atomic E-state index is 13.3. The average Bonchev–Trinajstić information content (AvgIpc) is 3.08. The van der Waals surface area contributed by atoms with Gasteiger partial charge in [-0.2, -0.15) is 0 Å². The second-order valence-corrected chi connectivity index (χ2v) is 9.06. The van der Waals surface area contributed by atoms with E-state index in [-0.39, 0.29) is 18.4 Å². The molecule has 5 nitrogen and oxygen atoms in total. The number of aromatic nitrogens is 1. The summed E-state index contributed by atoms with van der Waals surface area (Å²) < 4.78 is 7.49. The molecule has 0 atom stereocenters. The van der Waals surface area contributed by atoms with Crippen molar-refractivity contribution >= 4 is 18.0 Å². The van der Waals surface area contributed by atoms with Crippen LogP contribution in [-0.4, -0.2) is 34.5 Å². The SMILES string of the molecule is CCOC(=O)C1=C(C)N(CC(C)C)C(=O)/C1=C\c1cc(C)n(-c2cc(C)cc(C)c2)c1C. The number of aryl methyl sites for hydroxylation is 3. The van der Waals surface area contributed by atoms with E-state index < -0.39 is 5.97 Å². The van der Waals surface area contributed by atoms with Gasteiger partial charge in [0.1, 0.15) is 0 Å². The number of esters is 1. The van der Waals surface area contributed by atoms with Crippen molar-refractivity contribution in [3.8, 4) is 5.69 Å². The Labute approximate surface area is 191 Å². The minimum atomic E-state index is -0.445. The number of hydrogen-bond acceptors (Lipinski definition) is 3. The molecule has 5 heteroatoms. The van der Waals surface area contributed by atoms with Crippen molar-refractivity contribution in [1.82, 2.24) is 9.47 Å². The van der Waals surface area contributed by atoms with Crippen molar-refractivity contribution in [1.29, 1.82) is 0 Å². The van der Waals surface area contributed by atoms with Crippen LogP contribution in [0.15, 0.2) is 41.1 Å². The summed E-state index contributed by atoms with van der Waals surface area (Å²) in [5.41, 5.74) is 7.95. The van der Waals surface area contributed by atoms with E-state index in [4.69, 9.17) is 4.74 Å². The van der Waals surface area contributed by atoms with Gasteiger partial charge in [-0.25, -0.2) is 4.79 Å². The van der Waals surface area contributed by atoms with Gasteiger partial charge in [0.2, 0.25) is 0 Å². The first-order valence-electron chi connectivity index (χ1n) is 11.2. The van der Waals surface area contributed by atoms with Crippen LogP contribution in [0.25, 0.3) is 11.8 Å². The maximum Gasteiger partial charge on any atom is 0.340 e. The molecule has 0 bridgehead atoms. The first-order valence-corrected chi connectivity index (χ1v) is 11.2. The predicted octanol–water partition coefficient (Wildman–Crippen LogP) is 5.43. The molecule has 0 aliphatic carbocycles. The molecule has 0 unspecified atom stereocenters. The van der Waals surface area contributed by atoms with Crippen LogP contribution in [0.4, 0.5) is 0 Å². The number of benzene rings is 1. The molecule has 1 aliphatic rings. The molecular weight excluding hydrogens is 400 g/mol. The van der Waals surface area contributed by atoms with E-state index >= 15 is 0 Å². The molecule has 0 fully saturated rings. The highest BCUT2D eigenvalue weighted by Gasteiger charge is 2.37. The lowest BCUT2D eigenvalue weighted by atomic mass is 10.0. The molecule has 2 aromatic rings. The van der Waals surface area contributed by atoms with Crippen LogP contribution in [0.1, 0.15) is 55.8 Å². The fourth-order valence-electron chi connectivity index (χ4n) is 4.48. The molecule has 1 amide bonds. The van der Waals surface area contributed by atoms with Gasteiger partial charge in [-0.1, -0.05) is 19.9 Å². The normalized spacial score (nSPS) is 15.5. The van der Waals surface area contributed by atoms with Crippen LogP contribution in [0.3, 0.4) is 0 Å². The molecule has 2 heterocycles. The largest absolute Gasteiger partial charge is 0.462 e. The van der Waals surface area contributed by atoms with Gasteiger partial charge in [-0.3, -0.25) is 4.79 Å². The highest BCUT2D eigenvalue weighted by molar-refractivity contribution is 6.16. The molecule has 170 valence electrons. The zero-order valence-electron chi connectivity index (χ0n) is 20.5. The monoisotopic (exact) mass is 434 g/mol. The van der Waals surface area contributed by atoms with Crippen molar-refractivity contribution in [3.05, 3.63) is 69.2 Å². The quantitative estimate of drug-likeness (QED) is 0.450.